The van der Waals surface area contributed by atoms with Crippen molar-refractivity contribution >= 4 is 29.1 Å². The summed E-state index contributed by atoms with van der Waals surface area (Å²) in [6.07, 6.45) is 4.51. The molecule has 4 aromatic rings. The van der Waals surface area contributed by atoms with Crippen LogP contribution in [-0.2, 0) is 24.2 Å². The van der Waals surface area contributed by atoms with Gasteiger partial charge in [0.2, 0.25) is 5.91 Å². The maximum atomic E-state index is 15.3. The molecule has 0 saturated carbocycles. The summed E-state index contributed by atoms with van der Waals surface area (Å²) in [7, 11) is 3.20. The highest BCUT2D eigenvalue weighted by Gasteiger charge is 2.20. The summed E-state index contributed by atoms with van der Waals surface area (Å²) < 4.78 is 32.2. The lowest BCUT2D eigenvalue weighted by Gasteiger charge is -2.32. The Kier molecular flexibility index (Phi) is 11.4. The lowest BCUT2D eigenvalue weighted by atomic mass is 9.96. The standard InChI is InChI=1S/C36H38Cl2FN3O4/c1-23(43)40-20-24-8-10-42(11-9-24)22-25-12-27(28-14-29(37)17-30(38)15-28)16-32(13-25)46-33-18-34(39)35(41-21-33)7-5-26-4-6-31(44-2)19-36(26)45-3/h4,6,12-19,21,24H,5,7-11,20,22H2,1-3H3,(H,40,43). The average Bonchev–Trinajstić information content (AvgIpc) is 3.03. The molecule has 0 atom stereocenters. The molecule has 7 nitrogen and oxygen atoms in total. The van der Waals surface area contributed by atoms with Crippen LogP contribution in [-0.4, -0.2) is 49.6 Å². The van der Waals surface area contributed by atoms with Crippen LogP contribution in [0.5, 0.6) is 23.0 Å². The number of aromatic nitrogens is 1. The number of carbonyl (C=O) groups excluding carboxylic acids is 1. The zero-order chi connectivity index (χ0) is 32.6. The van der Waals surface area contributed by atoms with E-state index in [0.29, 0.717) is 70.6 Å². The number of piperidine rings is 1. The van der Waals surface area contributed by atoms with Crippen molar-refractivity contribution in [2.75, 3.05) is 33.9 Å². The normalized spacial score (nSPS) is 13.8. The van der Waals surface area contributed by atoms with Gasteiger partial charge in [-0.25, -0.2) is 4.39 Å². The average molecular weight is 667 g/mol. The maximum Gasteiger partial charge on any atom is 0.216 e. The van der Waals surface area contributed by atoms with Crippen LogP contribution in [0.2, 0.25) is 10.0 Å². The molecule has 10 heteroatoms. The largest absolute Gasteiger partial charge is 0.497 e. The summed E-state index contributed by atoms with van der Waals surface area (Å²) in [6.45, 7) is 4.83. The smallest absolute Gasteiger partial charge is 0.216 e. The van der Waals surface area contributed by atoms with E-state index >= 15 is 4.39 Å². The third kappa shape index (κ3) is 9.12. The fourth-order valence-corrected chi connectivity index (χ4v) is 6.26. The van der Waals surface area contributed by atoms with E-state index in [1.807, 2.05) is 42.5 Å². The molecular formula is C36H38Cl2FN3O4. The number of carbonyl (C=O) groups is 1. The van der Waals surface area contributed by atoms with Gasteiger partial charge in [-0.15, -0.1) is 0 Å². The number of nitrogens with zero attached hydrogens (tertiary/aromatic N) is 2. The van der Waals surface area contributed by atoms with E-state index in [4.69, 9.17) is 37.4 Å². The molecule has 1 fully saturated rings. The summed E-state index contributed by atoms with van der Waals surface area (Å²) >= 11 is 12.7. The van der Waals surface area contributed by atoms with Gasteiger partial charge in [0.15, 0.2) is 0 Å². The van der Waals surface area contributed by atoms with Crippen molar-refractivity contribution in [1.29, 1.82) is 0 Å². The first-order chi connectivity index (χ1) is 22.2. The van der Waals surface area contributed by atoms with Crippen molar-refractivity contribution < 1.29 is 23.4 Å². The number of hydrogen-bond acceptors (Lipinski definition) is 6. The molecule has 242 valence electrons. The van der Waals surface area contributed by atoms with Gasteiger partial charge in [-0.1, -0.05) is 29.3 Å². The number of hydrogen-bond donors (Lipinski definition) is 1. The van der Waals surface area contributed by atoms with Crippen molar-refractivity contribution in [3.05, 3.63) is 99.5 Å². The van der Waals surface area contributed by atoms with Gasteiger partial charge in [-0.05, 0) is 109 Å². The van der Waals surface area contributed by atoms with Crippen LogP contribution in [0.25, 0.3) is 11.1 Å². The first kappa shape index (κ1) is 33.5. The van der Waals surface area contributed by atoms with Gasteiger partial charge < -0.3 is 19.5 Å². The van der Waals surface area contributed by atoms with E-state index in [9.17, 15) is 4.79 Å². The van der Waals surface area contributed by atoms with E-state index in [0.717, 1.165) is 48.2 Å². The highest BCUT2D eigenvalue weighted by atomic mass is 35.5. The second kappa shape index (κ2) is 15.6. The third-order valence-corrected chi connectivity index (χ3v) is 8.61. The van der Waals surface area contributed by atoms with Crippen LogP contribution in [0.3, 0.4) is 0 Å². The summed E-state index contributed by atoms with van der Waals surface area (Å²) in [4.78, 5) is 18.1. The van der Waals surface area contributed by atoms with Crippen LogP contribution < -0.4 is 19.5 Å². The summed E-state index contributed by atoms with van der Waals surface area (Å²) in [6, 6.07) is 18.3. The number of halogens is 3. The van der Waals surface area contributed by atoms with Crippen LogP contribution in [0, 0.1) is 11.7 Å². The molecule has 1 aromatic heterocycles. The fourth-order valence-electron chi connectivity index (χ4n) is 5.73. The number of aryl methyl sites for hydroxylation is 2. The molecule has 2 heterocycles. The van der Waals surface area contributed by atoms with E-state index < -0.39 is 5.82 Å². The van der Waals surface area contributed by atoms with Crippen LogP contribution in [0.15, 0.2) is 66.9 Å². The number of ether oxygens (including phenoxy) is 3. The Bertz CT molecular complexity index is 1660. The molecule has 0 radical (unpaired) electrons. The Labute approximate surface area is 279 Å². The van der Waals surface area contributed by atoms with Gasteiger partial charge in [0.05, 0.1) is 26.1 Å². The van der Waals surface area contributed by atoms with Gasteiger partial charge >= 0.3 is 0 Å². The molecule has 0 aliphatic carbocycles. The summed E-state index contributed by atoms with van der Waals surface area (Å²) in [5.74, 6) is 2.28. The van der Waals surface area contributed by atoms with E-state index in [2.05, 4.69) is 21.3 Å². The van der Waals surface area contributed by atoms with Gasteiger partial charge in [0, 0.05) is 42.2 Å². The fraction of sp³-hybridized carbons (Fsp3) is 0.333. The van der Waals surface area contributed by atoms with E-state index in [1.54, 1.807) is 33.4 Å². The van der Waals surface area contributed by atoms with Gasteiger partial charge in [0.1, 0.15) is 28.8 Å². The van der Waals surface area contributed by atoms with Crippen molar-refractivity contribution in [1.82, 2.24) is 15.2 Å². The zero-order valence-corrected chi connectivity index (χ0v) is 27.8. The Hall–Kier alpha value is -3.85. The lowest BCUT2D eigenvalue weighted by molar-refractivity contribution is -0.119. The number of benzene rings is 3. The minimum absolute atomic E-state index is 0.00633. The van der Waals surface area contributed by atoms with E-state index in [1.165, 1.54) is 6.07 Å². The molecule has 0 unspecified atom stereocenters. The molecule has 1 saturated heterocycles. The Balaban J connectivity index is 1.32. The highest BCUT2D eigenvalue weighted by Crippen LogP contribution is 2.34. The van der Waals surface area contributed by atoms with Crippen molar-refractivity contribution in [2.24, 2.45) is 5.92 Å². The topological polar surface area (TPSA) is 72.9 Å². The molecule has 1 aliphatic rings. The number of nitrogens with one attached hydrogen (secondary N) is 1. The summed E-state index contributed by atoms with van der Waals surface area (Å²) in [5.41, 5.74) is 4.06. The molecule has 1 amide bonds. The van der Waals surface area contributed by atoms with Crippen LogP contribution >= 0.6 is 23.2 Å². The number of methoxy groups -OCH3 is 2. The SMILES string of the molecule is COc1ccc(CCc2ncc(Oc3cc(CN4CCC(CNC(C)=O)CC4)cc(-c4cc(Cl)cc(Cl)c4)c3)cc2F)c(OC)c1. The van der Waals surface area contributed by atoms with Crippen molar-refractivity contribution in [3.63, 3.8) is 0 Å². The second-order valence-corrected chi connectivity index (χ2v) is 12.4. The minimum Gasteiger partial charge on any atom is -0.497 e. The maximum absolute atomic E-state index is 15.3. The van der Waals surface area contributed by atoms with Crippen molar-refractivity contribution in [3.8, 4) is 34.1 Å². The molecule has 5 rings (SSSR count). The predicted octanol–water partition coefficient (Wildman–Crippen LogP) is 8.14. The van der Waals surface area contributed by atoms with Crippen LogP contribution in [0.1, 0.15) is 36.6 Å². The molecule has 0 spiro atoms. The highest BCUT2D eigenvalue weighted by molar-refractivity contribution is 6.35. The number of rotatable bonds is 12. The first-order valence-electron chi connectivity index (χ1n) is 15.3. The molecule has 1 aliphatic heterocycles. The Morgan fingerprint density at radius 2 is 1.65 bits per heavy atom. The van der Waals surface area contributed by atoms with Crippen LogP contribution in [0.4, 0.5) is 4.39 Å². The predicted molar refractivity (Wildman–Crippen MR) is 180 cm³/mol. The van der Waals surface area contributed by atoms with E-state index in [-0.39, 0.29) is 5.91 Å². The Morgan fingerprint density at radius 3 is 2.33 bits per heavy atom. The molecule has 0 bridgehead atoms. The quantitative estimate of drug-likeness (QED) is 0.165. The number of likely N-dealkylation sites (tertiary alicyclic amines) is 1. The number of pyridine rings is 1. The molecule has 1 N–H and O–H groups in total. The van der Waals surface area contributed by atoms with Gasteiger partial charge in [-0.2, -0.15) is 0 Å². The molecular weight excluding hydrogens is 628 g/mol. The molecule has 3 aromatic carbocycles. The Morgan fingerprint density at radius 1 is 0.913 bits per heavy atom. The van der Waals surface area contributed by atoms with Gasteiger partial charge in [-0.3, -0.25) is 14.7 Å². The van der Waals surface area contributed by atoms with Crippen molar-refractivity contribution in [2.45, 2.75) is 39.2 Å². The number of amides is 1. The zero-order valence-electron chi connectivity index (χ0n) is 26.2. The monoisotopic (exact) mass is 665 g/mol. The second-order valence-electron chi connectivity index (χ2n) is 11.6. The minimum atomic E-state index is -0.440. The lowest BCUT2D eigenvalue weighted by Crippen LogP contribution is -2.37. The molecule has 46 heavy (non-hydrogen) atoms. The summed E-state index contributed by atoms with van der Waals surface area (Å²) in [5, 5.41) is 4.00. The third-order valence-electron chi connectivity index (χ3n) is 8.17. The first-order valence-corrected chi connectivity index (χ1v) is 16.0. The van der Waals surface area contributed by atoms with Gasteiger partial charge in [0.25, 0.3) is 0 Å².